The van der Waals surface area contributed by atoms with Crippen molar-refractivity contribution in [3.05, 3.63) is 35.4 Å². The summed E-state index contributed by atoms with van der Waals surface area (Å²) in [5.41, 5.74) is -1.95. The Morgan fingerprint density at radius 2 is 1.65 bits per heavy atom. The van der Waals surface area contributed by atoms with Gasteiger partial charge < -0.3 is 0 Å². The molecule has 1 heterocycles. The SMILES string of the molecule is C[C@@](F)(CN1C(=O)c2ccccc2C1=O)CS(=O)(=O)Cl. The molecule has 1 aromatic rings. The smallest absolute Gasteiger partial charge is 0.261 e. The molecule has 0 aliphatic carbocycles. The topological polar surface area (TPSA) is 71.5 Å². The summed E-state index contributed by atoms with van der Waals surface area (Å²) in [5.74, 6) is -2.25. The standard InChI is InChI=1S/C12H11ClFNO4S/c1-12(14,7-20(13,18)19)6-15-10(16)8-4-2-3-5-9(8)11(15)17/h2-5H,6-7H2,1H3/t12-/m1/s1. The molecule has 0 N–H and O–H groups in total. The van der Waals surface area contributed by atoms with E-state index in [-0.39, 0.29) is 11.1 Å². The summed E-state index contributed by atoms with van der Waals surface area (Å²) in [6.45, 7) is 0.321. The lowest BCUT2D eigenvalue weighted by molar-refractivity contribution is 0.0550. The van der Waals surface area contributed by atoms with E-state index in [1.54, 1.807) is 12.1 Å². The molecule has 0 saturated carbocycles. The second-order valence-corrected chi connectivity index (χ2v) is 7.62. The summed E-state index contributed by atoms with van der Waals surface area (Å²) in [4.78, 5) is 24.7. The van der Waals surface area contributed by atoms with Gasteiger partial charge in [-0.05, 0) is 19.1 Å². The van der Waals surface area contributed by atoms with Gasteiger partial charge in [0.2, 0.25) is 9.05 Å². The third-order valence-electron chi connectivity index (χ3n) is 2.84. The molecule has 1 aliphatic heterocycles. The maximum Gasteiger partial charge on any atom is 0.261 e. The quantitative estimate of drug-likeness (QED) is 0.624. The molecule has 1 aromatic carbocycles. The molecule has 108 valence electrons. The van der Waals surface area contributed by atoms with Gasteiger partial charge in [0.1, 0.15) is 11.4 Å². The third-order valence-corrected chi connectivity index (χ3v) is 4.11. The normalized spacial score (nSPS) is 18.1. The van der Waals surface area contributed by atoms with E-state index in [4.69, 9.17) is 10.7 Å². The van der Waals surface area contributed by atoms with E-state index in [1.165, 1.54) is 12.1 Å². The van der Waals surface area contributed by atoms with E-state index in [0.717, 1.165) is 6.92 Å². The molecule has 2 amide bonds. The van der Waals surface area contributed by atoms with E-state index in [9.17, 15) is 22.4 Å². The largest absolute Gasteiger partial charge is 0.271 e. The van der Waals surface area contributed by atoms with Gasteiger partial charge in [0.15, 0.2) is 0 Å². The van der Waals surface area contributed by atoms with E-state index in [2.05, 4.69) is 0 Å². The molecule has 8 heteroatoms. The monoisotopic (exact) mass is 319 g/mol. The lowest BCUT2D eigenvalue weighted by Crippen LogP contribution is -2.44. The lowest BCUT2D eigenvalue weighted by Gasteiger charge is -2.24. The van der Waals surface area contributed by atoms with Crippen LogP contribution in [0.15, 0.2) is 24.3 Å². The number of hydrogen-bond acceptors (Lipinski definition) is 4. The van der Waals surface area contributed by atoms with Gasteiger partial charge in [-0.25, -0.2) is 12.8 Å². The molecule has 20 heavy (non-hydrogen) atoms. The number of hydrogen-bond donors (Lipinski definition) is 0. The van der Waals surface area contributed by atoms with Crippen molar-refractivity contribution in [3.63, 3.8) is 0 Å². The highest BCUT2D eigenvalue weighted by Crippen LogP contribution is 2.26. The molecule has 0 fully saturated rings. The molecule has 0 bridgehead atoms. The molecule has 0 radical (unpaired) electrons. The molecule has 5 nitrogen and oxygen atoms in total. The van der Waals surface area contributed by atoms with Gasteiger partial charge in [-0.2, -0.15) is 0 Å². The van der Waals surface area contributed by atoms with E-state index in [0.29, 0.717) is 4.90 Å². The predicted molar refractivity (Wildman–Crippen MR) is 71.0 cm³/mol. The predicted octanol–water partition coefficient (Wildman–Crippen LogP) is 1.58. The first-order chi connectivity index (χ1) is 9.11. The number of halogens is 2. The van der Waals surface area contributed by atoms with Crippen molar-refractivity contribution in [2.75, 3.05) is 12.3 Å². The van der Waals surface area contributed by atoms with Crippen molar-refractivity contribution in [3.8, 4) is 0 Å². The van der Waals surface area contributed by atoms with Crippen molar-refractivity contribution in [2.45, 2.75) is 12.6 Å². The highest BCUT2D eigenvalue weighted by atomic mass is 35.7. The van der Waals surface area contributed by atoms with Crippen LogP contribution in [-0.2, 0) is 9.05 Å². The summed E-state index contributed by atoms with van der Waals surface area (Å²) in [6, 6.07) is 6.10. The Morgan fingerprint density at radius 3 is 2.05 bits per heavy atom. The Hall–Kier alpha value is -1.47. The molecule has 1 aliphatic rings. The average Bonchev–Trinajstić information content (AvgIpc) is 2.52. The zero-order valence-electron chi connectivity index (χ0n) is 10.5. The molecular weight excluding hydrogens is 309 g/mol. The molecule has 0 saturated heterocycles. The van der Waals surface area contributed by atoms with Crippen LogP contribution < -0.4 is 0 Å². The Morgan fingerprint density at radius 1 is 1.20 bits per heavy atom. The summed E-state index contributed by atoms with van der Waals surface area (Å²) in [6.07, 6.45) is 0. The first kappa shape index (κ1) is 14.9. The van der Waals surface area contributed by atoms with Crippen molar-refractivity contribution in [1.82, 2.24) is 4.90 Å². The van der Waals surface area contributed by atoms with Crippen LogP contribution in [0.1, 0.15) is 27.6 Å². The maximum atomic E-state index is 14.2. The molecule has 0 aromatic heterocycles. The van der Waals surface area contributed by atoms with Gasteiger partial charge in [0, 0.05) is 10.7 Å². The second-order valence-electron chi connectivity index (χ2n) is 4.84. The summed E-state index contributed by atoms with van der Waals surface area (Å²) >= 11 is 0. The van der Waals surface area contributed by atoms with Gasteiger partial charge in [-0.3, -0.25) is 14.5 Å². The number of nitrogens with zero attached hydrogens (tertiary/aromatic N) is 1. The van der Waals surface area contributed by atoms with Gasteiger partial charge >= 0.3 is 0 Å². The van der Waals surface area contributed by atoms with Gasteiger partial charge in [0.25, 0.3) is 11.8 Å². The van der Waals surface area contributed by atoms with Crippen molar-refractivity contribution in [1.29, 1.82) is 0 Å². The van der Waals surface area contributed by atoms with E-state index < -0.39 is 38.8 Å². The minimum atomic E-state index is -4.08. The minimum absolute atomic E-state index is 0.182. The number of rotatable bonds is 4. The van der Waals surface area contributed by atoms with Crippen LogP contribution in [0, 0.1) is 0 Å². The lowest BCUT2D eigenvalue weighted by atomic mass is 10.1. The van der Waals surface area contributed by atoms with Crippen LogP contribution in [-0.4, -0.2) is 43.1 Å². The zero-order chi connectivity index (χ0) is 15.1. The molecule has 2 rings (SSSR count). The summed E-state index contributed by atoms with van der Waals surface area (Å²) in [7, 11) is 0.931. The van der Waals surface area contributed by atoms with Gasteiger partial charge in [-0.15, -0.1) is 0 Å². The number of carbonyl (C=O) groups is 2. The fraction of sp³-hybridized carbons (Fsp3) is 0.333. The van der Waals surface area contributed by atoms with Crippen molar-refractivity contribution < 1.29 is 22.4 Å². The van der Waals surface area contributed by atoms with Crippen LogP contribution in [0.5, 0.6) is 0 Å². The first-order valence-electron chi connectivity index (χ1n) is 5.67. The van der Waals surface area contributed by atoms with Gasteiger partial charge in [0.05, 0.1) is 17.7 Å². The van der Waals surface area contributed by atoms with Crippen LogP contribution >= 0.6 is 10.7 Å². The van der Waals surface area contributed by atoms with Crippen LogP contribution in [0.2, 0.25) is 0 Å². The Labute approximate surface area is 119 Å². The van der Waals surface area contributed by atoms with Crippen LogP contribution in [0.3, 0.4) is 0 Å². The molecule has 0 spiro atoms. The third kappa shape index (κ3) is 2.99. The number of amides is 2. The van der Waals surface area contributed by atoms with Crippen molar-refractivity contribution >= 4 is 31.5 Å². The fourth-order valence-corrected chi connectivity index (χ4v) is 3.61. The first-order valence-corrected chi connectivity index (χ1v) is 8.15. The Bertz CT molecular complexity index is 651. The maximum absolute atomic E-state index is 14.2. The fourth-order valence-electron chi connectivity index (χ4n) is 2.12. The highest BCUT2D eigenvalue weighted by Gasteiger charge is 2.41. The van der Waals surface area contributed by atoms with E-state index >= 15 is 0 Å². The Balaban J connectivity index is 2.25. The number of fused-ring (bicyclic) bond motifs is 1. The second kappa shape index (κ2) is 4.82. The number of benzene rings is 1. The molecular formula is C12H11ClFNO4S. The highest BCUT2D eigenvalue weighted by molar-refractivity contribution is 8.13. The van der Waals surface area contributed by atoms with Gasteiger partial charge in [-0.1, -0.05) is 12.1 Å². The molecule has 1 atom stereocenters. The minimum Gasteiger partial charge on any atom is -0.271 e. The van der Waals surface area contributed by atoms with Crippen LogP contribution in [0.4, 0.5) is 4.39 Å². The van der Waals surface area contributed by atoms with E-state index in [1.807, 2.05) is 0 Å². The molecule has 0 unspecified atom stereocenters. The number of alkyl halides is 1. The van der Waals surface area contributed by atoms with Crippen molar-refractivity contribution in [2.24, 2.45) is 0 Å². The summed E-state index contributed by atoms with van der Waals surface area (Å²) < 4.78 is 36.1. The average molecular weight is 320 g/mol. The Kier molecular flexibility index (Phi) is 3.60. The number of carbonyl (C=O) groups excluding carboxylic acids is 2. The van der Waals surface area contributed by atoms with Crippen LogP contribution in [0.25, 0.3) is 0 Å². The number of imide groups is 1. The zero-order valence-corrected chi connectivity index (χ0v) is 12.0. The summed E-state index contributed by atoms with van der Waals surface area (Å²) in [5, 5.41) is 0.